The molecule has 18 heavy (non-hydrogen) atoms. The van der Waals surface area contributed by atoms with Gasteiger partial charge in [-0.25, -0.2) is 4.39 Å². The quantitative estimate of drug-likeness (QED) is 0.907. The number of halogens is 2. The Hall–Kier alpha value is -1.10. The normalized spacial score (nSPS) is 16.2. The van der Waals surface area contributed by atoms with Crippen LogP contribution in [0.4, 0.5) is 4.39 Å². The van der Waals surface area contributed by atoms with E-state index >= 15 is 0 Å². The molecule has 1 saturated carbocycles. The van der Waals surface area contributed by atoms with Crippen molar-refractivity contribution in [2.75, 3.05) is 6.61 Å². The molecule has 0 heterocycles. The molecule has 1 aliphatic rings. The van der Waals surface area contributed by atoms with E-state index in [1.54, 1.807) is 6.07 Å². The first-order valence-electron chi connectivity index (χ1n) is 5.93. The van der Waals surface area contributed by atoms with Gasteiger partial charge in [-0.1, -0.05) is 15.9 Å². The van der Waals surface area contributed by atoms with Gasteiger partial charge < -0.3 is 10.1 Å². The molecule has 1 aliphatic carbocycles. The molecule has 0 spiro atoms. The molecule has 98 valence electrons. The Morgan fingerprint density at radius 2 is 2.33 bits per heavy atom. The van der Waals surface area contributed by atoms with E-state index in [-0.39, 0.29) is 24.3 Å². The molecule has 0 aliphatic heterocycles. The first-order chi connectivity index (χ1) is 8.56. The van der Waals surface area contributed by atoms with E-state index in [2.05, 4.69) is 21.2 Å². The summed E-state index contributed by atoms with van der Waals surface area (Å²) >= 11 is 3.16. The Morgan fingerprint density at radius 1 is 1.61 bits per heavy atom. The lowest BCUT2D eigenvalue weighted by atomic mass is 10.2. The summed E-state index contributed by atoms with van der Waals surface area (Å²) < 4.78 is 19.2. The van der Waals surface area contributed by atoms with Crippen LogP contribution in [0.1, 0.15) is 19.8 Å². The SMILES string of the molecule is CC(NC(=O)COc1ccc(Br)cc1F)C1CC1. The van der Waals surface area contributed by atoms with Crippen LogP contribution in [-0.2, 0) is 4.79 Å². The van der Waals surface area contributed by atoms with Gasteiger partial charge in [-0.15, -0.1) is 0 Å². The predicted octanol–water partition coefficient (Wildman–Crippen LogP) is 2.88. The third-order valence-electron chi connectivity index (χ3n) is 2.97. The third kappa shape index (κ3) is 3.70. The average molecular weight is 316 g/mol. The molecule has 1 aromatic carbocycles. The van der Waals surface area contributed by atoms with E-state index in [0.717, 1.165) is 0 Å². The van der Waals surface area contributed by atoms with Crippen molar-refractivity contribution >= 4 is 21.8 Å². The van der Waals surface area contributed by atoms with Crippen LogP contribution in [0.15, 0.2) is 22.7 Å². The fourth-order valence-corrected chi connectivity index (χ4v) is 2.08. The number of rotatable bonds is 5. The second-order valence-electron chi connectivity index (χ2n) is 4.56. The standard InChI is InChI=1S/C13H15BrFNO2/c1-8(9-2-3-9)16-13(17)7-18-12-5-4-10(14)6-11(12)15/h4-6,8-9H,2-3,7H2,1H3,(H,16,17). The summed E-state index contributed by atoms with van der Waals surface area (Å²) in [5.74, 6) is -0.00470. The minimum atomic E-state index is -0.479. The van der Waals surface area contributed by atoms with Crippen molar-refractivity contribution in [3.05, 3.63) is 28.5 Å². The molecule has 1 aromatic rings. The summed E-state index contributed by atoms with van der Waals surface area (Å²) in [5.41, 5.74) is 0. The smallest absolute Gasteiger partial charge is 0.258 e. The maximum atomic E-state index is 13.4. The molecule has 0 radical (unpaired) electrons. The van der Waals surface area contributed by atoms with Gasteiger partial charge in [-0.3, -0.25) is 4.79 Å². The van der Waals surface area contributed by atoms with Crippen molar-refractivity contribution in [2.45, 2.75) is 25.8 Å². The number of carbonyl (C=O) groups excluding carboxylic acids is 1. The summed E-state index contributed by atoms with van der Waals surface area (Å²) in [6.45, 7) is 1.82. The van der Waals surface area contributed by atoms with Gasteiger partial charge >= 0.3 is 0 Å². The number of hydrogen-bond donors (Lipinski definition) is 1. The van der Waals surface area contributed by atoms with Crippen molar-refractivity contribution in [1.29, 1.82) is 0 Å². The summed E-state index contributed by atoms with van der Waals surface area (Å²) in [6.07, 6.45) is 2.34. The topological polar surface area (TPSA) is 38.3 Å². The van der Waals surface area contributed by atoms with Gasteiger partial charge in [0.15, 0.2) is 18.2 Å². The maximum Gasteiger partial charge on any atom is 0.258 e. The van der Waals surface area contributed by atoms with Crippen LogP contribution in [-0.4, -0.2) is 18.6 Å². The second kappa shape index (κ2) is 5.69. The van der Waals surface area contributed by atoms with Crippen LogP contribution in [0.5, 0.6) is 5.75 Å². The van der Waals surface area contributed by atoms with Crippen LogP contribution in [0, 0.1) is 11.7 Å². The van der Waals surface area contributed by atoms with Crippen LogP contribution in [0.2, 0.25) is 0 Å². The van der Waals surface area contributed by atoms with Crippen molar-refractivity contribution in [2.24, 2.45) is 5.92 Å². The molecular weight excluding hydrogens is 301 g/mol. The highest BCUT2D eigenvalue weighted by Crippen LogP contribution is 2.32. The number of ether oxygens (including phenoxy) is 1. The monoisotopic (exact) mass is 315 g/mol. The largest absolute Gasteiger partial charge is 0.481 e. The number of amides is 1. The molecular formula is C13H15BrFNO2. The third-order valence-corrected chi connectivity index (χ3v) is 3.46. The van der Waals surface area contributed by atoms with Crippen LogP contribution in [0.3, 0.4) is 0 Å². The number of carbonyl (C=O) groups is 1. The Labute approximate surface area is 114 Å². The Balaban J connectivity index is 1.81. The van der Waals surface area contributed by atoms with E-state index < -0.39 is 5.82 Å². The van der Waals surface area contributed by atoms with Crippen LogP contribution in [0.25, 0.3) is 0 Å². The molecule has 1 N–H and O–H groups in total. The highest BCUT2D eigenvalue weighted by Gasteiger charge is 2.28. The Kier molecular flexibility index (Phi) is 4.22. The van der Waals surface area contributed by atoms with E-state index in [1.165, 1.54) is 25.0 Å². The number of hydrogen-bond acceptors (Lipinski definition) is 2. The zero-order valence-corrected chi connectivity index (χ0v) is 11.7. The second-order valence-corrected chi connectivity index (χ2v) is 5.47. The van der Waals surface area contributed by atoms with Crippen molar-refractivity contribution in [3.8, 4) is 5.75 Å². The molecule has 0 saturated heterocycles. The Bertz CT molecular complexity index is 449. The molecule has 0 aromatic heterocycles. The van der Waals surface area contributed by atoms with Crippen molar-refractivity contribution in [1.82, 2.24) is 5.32 Å². The fourth-order valence-electron chi connectivity index (χ4n) is 1.75. The van der Waals surface area contributed by atoms with E-state index in [4.69, 9.17) is 4.74 Å². The lowest BCUT2D eigenvalue weighted by Gasteiger charge is -2.13. The molecule has 0 bridgehead atoms. The fraction of sp³-hybridized carbons (Fsp3) is 0.462. The zero-order chi connectivity index (χ0) is 13.1. The molecule has 5 heteroatoms. The molecule has 1 atom stereocenters. The first-order valence-corrected chi connectivity index (χ1v) is 6.73. The number of nitrogens with one attached hydrogen (secondary N) is 1. The van der Waals surface area contributed by atoms with E-state index in [1.807, 2.05) is 6.92 Å². The molecule has 1 fully saturated rings. The first kappa shape index (κ1) is 13.3. The zero-order valence-electron chi connectivity index (χ0n) is 10.1. The van der Waals surface area contributed by atoms with Gasteiger partial charge in [-0.2, -0.15) is 0 Å². The van der Waals surface area contributed by atoms with Gasteiger partial charge in [0.05, 0.1) is 0 Å². The summed E-state index contributed by atoms with van der Waals surface area (Å²) in [4.78, 5) is 11.6. The van der Waals surface area contributed by atoms with Gasteiger partial charge in [-0.05, 0) is 43.9 Å². The maximum absolute atomic E-state index is 13.4. The summed E-state index contributed by atoms with van der Waals surface area (Å²) in [6, 6.07) is 4.65. The molecule has 1 unspecified atom stereocenters. The molecule has 3 nitrogen and oxygen atoms in total. The van der Waals surface area contributed by atoms with Crippen molar-refractivity contribution in [3.63, 3.8) is 0 Å². The Morgan fingerprint density at radius 3 is 2.94 bits per heavy atom. The summed E-state index contributed by atoms with van der Waals surface area (Å²) in [7, 11) is 0. The van der Waals surface area contributed by atoms with Crippen LogP contribution < -0.4 is 10.1 Å². The predicted molar refractivity (Wildman–Crippen MR) is 69.9 cm³/mol. The van der Waals surface area contributed by atoms with E-state index in [0.29, 0.717) is 10.4 Å². The molecule has 1 amide bonds. The minimum Gasteiger partial charge on any atom is -0.481 e. The lowest BCUT2D eigenvalue weighted by molar-refractivity contribution is -0.123. The average Bonchev–Trinajstić information content (AvgIpc) is 3.11. The molecule has 2 rings (SSSR count). The summed E-state index contributed by atoms with van der Waals surface area (Å²) in [5, 5.41) is 2.85. The van der Waals surface area contributed by atoms with Crippen molar-refractivity contribution < 1.29 is 13.9 Å². The lowest BCUT2D eigenvalue weighted by Crippen LogP contribution is -2.37. The van der Waals surface area contributed by atoms with Gasteiger partial charge in [0.2, 0.25) is 0 Å². The minimum absolute atomic E-state index is 0.0902. The highest BCUT2D eigenvalue weighted by molar-refractivity contribution is 9.10. The van der Waals surface area contributed by atoms with Gasteiger partial charge in [0.1, 0.15) is 0 Å². The van der Waals surface area contributed by atoms with E-state index in [9.17, 15) is 9.18 Å². The van der Waals surface area contributed by atoms with Gasteiger partial charge in [0, 0.05) is 10.5 Å². The highest BCUT2D eigenvalue weighted by atomic mass is 79.9. The van der Waals surface area contributed by atoms with Gasteiger partial charge in [0.25, 0.3) is 5.91 Å². The number of benzene rings is 1. The van der Waals surface area contributed by atoms with Crippen LogP contribution >= 0.6 is 15.9 Å².